The van der Waals surface area contributed by atoms with Gasteiger partial charge in [0.1, 0.15) is 5.15 Å². The first-order valence-electron chi connectivity index (χ1n) is 5.53. The Hall–Kier alpha value is -1.66. The molecule has 0 atom stereocenters. The summed E-state index contributed by atoms with van der Waals surface area (Å²) in [5.74, 6) is 0.145. The predicted octanol–water partition coefficient (Wildman–Crippen LogP) is 2.87. The molecular formula is C12H9BrClN5. The Bertz CT molecular complexity index is 755. The molecule has 3 aromatic rings. The van der Waals surface area contributed by atoms with Gasteiger partial charge in [0.2, 0.25) is 5.95 Å². The predicted molar refractivity (Wildman–Crippen MR) is 78.0 cm³/mol. The monoisotopic (exact) mass is 337 g/mol. The quantitative estimate of drug-likeness (QED) is 0.729. The molecule has 19 heavy (non-hydrogen) atoms. The van der Waals surface area contributed by atoms with Crippen molar-refractivity contribution in [2.75, 3.05) is 5.73 Å². The molecule has 0 saturated carbocycles. The summed E-state index contributed by atoms with van der Waals surface area (Å²) in [5.41, 5.74) is 7.35. The van der Waals surface area contributed by atoms with Gasteiger partial charge in [-0.2, -0.15) is 10.1 Å². The molecule has 5 nitrogen and oxygen atoms in total. The highest BCUT2D eigenvalue weighted by atomic mass is 79.9. The fraction of sp³-hybridized carbons (Fsp3) is 0.0833. The molecule has 96 valence electrons. The van der Waals surface area contributed by atoms with Crippen LogP contribution in [0.25, 0.3) is 11.0 Å². The molecule has 0 spiro atoms. The molecular weight excluding hydrogens is 330 g/mol. The van der Waals surface area contributed by atoms with E-state index in [0.29, 0.717) is 22.7 Å². The van der Waals surface area contributed by atoms with Crippen molar-refractivity contribution >= 4 is 44.5 Å². The average Bonchev–Trinajstić information content (AvgIpc) is 2.76. The summed E-state index contributed by atoms with van der Waals surface area (Å²) in [6, 6.07) is 7.94. The van der Waals surface area contributed by atoms with Crippen LogP contribution in [0.2, 0.25) is 5.15 Å². The number of halogens is 2. The fourth-order valence-electron chi connectivity index (χ4n) is 1.84. The van der Waals surface area contributed by atoms with E-state index in [4.69, 9.17) is 17.3 Å². The Morgan fingerprint density at radius 2 is 2.05 bits per heavy atom. The van der Waals surface area contributed by atoms with E-state index in [2.05, 4.69) is 31.0 Å². The lowest BCUT2D eigenvalue weighted by atomic mass is 10.2. The molecule has 0 aliphatic heterocycles. The number of anilines is 1. The summed E-state index contributed by atoms with van der Waals surface area (Å²) in [6.07, 6.45) is 1.65. The lowest BCUT2D eigenvalue weighted by Crippen LogP contribution is -2.05. The van der Waals surface area contributed by atoms with Gasteiger partial charge in [-0.1, -0.05) is 45.7 Å². The Morgan fingerprint density at radius 1 is 1.26 bits per heavy atom. The summed E-state index contributed by atoms with van der Waals surface area (Å²) >= 11 is 9.53. The Kier molecular flexibility index (Phi) is 3.12. The van der Waals surface area contributed by atoms with E-state index < -0.39 is 0 Å². The van der Waals surface area contributed by atoms with Gasteiger partial charge in [-0.05, 0) is 11.6 Å². The summed E-state index contributed by atoms with van der Waals surface area (Å²) < 4.78 is 2.77. The highest BCUT2D eigenvalue weighted by Gasteiger charge is 2.11. The van der Waals surface area contributed by atoms with Gasteiger partial charge in [0.15, 0.2) is 5.65 Å². The van der Waals surface area contributed by atoms with Crippen LogP contribution in [-0.4, -0.2) is 19.7 Å². The third-order valence-electron chi connectivity index (χ3n) is 2.74. The van der Waals surface area contributed by atoms with Gasteiger partial charge in [-0.15, -0.1) is 0 Å². The fourth-order valence-corrected chi connectivity index (χ4v) is 2.47. The zero-order chi connectivity index (χ0) is 13.4. The van der Waals surface area contributed by atoms with Gasteiger partial charge in [-0.3, -0.25) is 0 Å². The first-order chi connectivity index (χ1) is 9.15. The second-order valence-corrected chi connectivity index (χ2v) is 5.22. The van der Waals surface area contributed by atoms with Crippen LogP contribution in [0, 0.1) is 0 Å². The summed E-state index contributed by atoms with van der Waals surface area (Å²) in [5, 5.41) is 5.30. The van der Waals surface area contributed by atoms with Crippen molar-refractivity contribution in [3.63, 3.8) is 0 Å². The van der Waals surface area contributed by atoms with E-state index in [1.54, 1.807) is 10.9 Å². The van der Waals surface area contributed by atoms with Gasteiger partial charge in [0.05, 0.1) is 18.1 Å². The van der Waals surface area contributed by atoms with Gasteiger partial charge in [0.25, 0.3) is 0 Å². The molecule has 0 fully saturated rings. The van der Waals surface area contributed by atoms with Crippen LogP contribution in [0.3, 0.4) is 0 Å². The number of fused-ring (bicyclic) bond motifs is 1. The molecule has 0 radical (unpaired) electrons. The molecule has 7 heteroatoms. The maximum Gasteiger partial charge on any atom is 0.223 e. The second kappa shape index (κ2) is 4.79. The van der Waals surface area contributed by atoms with Crippen LogP contribution in [0.5, 0.6) is 0 Å². The molecule has 0 amide bonds. The molecule has 0 saturated heterocycles. The van der Waals surface area contributed by atoms with Crippen LogP contribution >= 0.6 is 27.5 Å². The molecule has 2 N–H and O–H groups in total. The lowest BCUT2D eigenvalue weighted by Gasteiger charge is -2.05. The Morgan fingerprint density at radius 3 is 2.84 bits per heavy atom. The third-order valence-corrected chi connectivity index (χ3v) is 3.81. The summed E-state index contributed by atoms with van der Waals surface area (Å²) in [4.78, 5) is 8.10. The van der Waals surface area contributed by atoms with Crippen molar-refractivity contribution in [3.05, 3.63) is 45.7 Å². The normalized spacial score (nSPS) is 11.1. The largest absolute Gasteiger partial charge is 0.368 e. The maximum absolute atomic E-state index is 6.02. The van der Waals surface area contributed by atoms with Crippen LogP contribution in [-0.2, 0) is 6.54 Å². The molecule has 0 aliphatic carbocycles. The average molecular weight is 339 g/mol. The number of nitrogen functional groups attached to an aromatic ring is 1. The van der Waals surface area contributed by atoms with Crippen molar-refractivity contribution in [1.29, 1.82) is 0 Å². The Labute approximate surface area is 122 Å². The number of nitrogens with zero attached hydrogens (tertiary/aromatic N) is 4. The van der Waals surface area contributed by atoms with Crippen LogP contribution in [0.4, 0.5) is 5.95 Å². The van der Waals surface area contributed by atoms with Gasteiger partial charge < -0.3 is 5.73 Å². The van der Waals surface area contributed by atoms with E-state index in [1.165, 1.54) is 0 Å². The van der Waals surface area contributed by atoms with E-state index in [-0.39, 0.29) is 5.95 Å². The van der Waals surface area contributed by atoms with Crippen LogP contribution in [0.15, 0.2) is 34.9 Å². The summed E-state index contributed by atoms with van der Waals surface area (Å²) in [6.45, 7) is 0.581. The van der Waals surface area contributed by atoms with Crippen molar-refractivity contribution in [2.24, 2.45) is 0 Å². The number of nitrogens with two attached hydrogens (primary N) is 1. The zero-order valence-electron chi connectivity index (χ0n) is 9.72. The lowest BCUT2D eigenvalue weighted by molar-refractivity contribution is 0.702. The minimum Gasteiger partial charge on any atom is -0.368 e. The molecule has 3 rings (SSSR count). The Balaban J connectivity index is 2.09. The number of aromatic nitrogens is 4. The van der Waals surface area contributed by atoms with E-state index >= 15 is 0 Å². The number of hydrogen-bond acceptors (Lipinski definition) is 4. The van der Waals surface area contributed by atoms with Gasteiger partial charge in [0, 0.05) is 4.47 Å². The van der Waals surface area contributed by atoms with E-state index in [1.807, 2.05) is 24.3 Å². The number of hydrogen-bond donors (Lipinski definition) is 1. The van der Waals surface area contributed by atoms with Crippen molar-refractivity contribution in [1.82, 2.24) is 19.7 Å². The molecule has 1 aromatic carbocycles. The highest BCUT2D eigenvalue weighted by Crippen LogP contribution is 2.23. The first kappa shape index (κ1) is 12.4. The SMILES string of the molecule is Nc1nc(Cl)c2cnn(Cc3ccccc3Br)c2n1. The summed E-state index contributed by atoms with van der Waals surface area (Å²) in [7, 11) is 0. The number of benzene rings is 1. The number of rotatable bonds is 2. The van der Waals surface area contributed by atoms with Gasteiger partial charge >= 0.3 is 0 Å². The highest BCUT2D eigenvalue weighted by molar-refractivity contribution is 9.10. The molecule has 2 heterocycles. The van der Waals surface area contributed by atoms with Crippen LogP contribution in [0.1, 0.15) is 5.56 Å². The molecule has 0 bridgehead atoms. The topological polar surface area (TPSA) is 69.6 Å². The minimum atomic E-state index is 0.145. The van der Waals surface area contributed by atoms with Gasteiger partial charge in [-0.25, -0.2) is 9.67 Å². The van der Waals surface area contributed by atoms with E-state index in [9.17, 15) is 0 Å². The standard InChI is InChI=1S/C12H9BrClN5/c13-9-4-2-1-3-7(9)6-19-11-8(5-16-19)10(14)17-12(15)18-11/h1-5H,6H2,(H2,15,17,18). The molecule has 0 unspecified atom stereocenters. The second-order valence-electron chi connectivity index (χ2n) is 4.00. The first-order valence-corrected chi connectivity index (χ1v) is 6.70. The molecule has 2 aromatic heterocycles. The van der Waals surface area contributed by atoms with Crippen molar-refractivity contribution in [3.8, 4) is 0 Å². The van der Waals surface area contributed by atoms with Crippen LogP contribution < -0.4 is 5.73 Å². The van der Waals surface area contributed by atoms with Crippen molar-refractivity contribution in [2.45, 2.75) is 6.54 Å². The van der Waals surface area contributed by atoms with E-state index in [0.717, 1.165) is 10.0 Å². The third kappa shape index (κ3) is 2.29. The molecule has 0 aliphatic rings. The van der Waals surface area contributed by atoms with Crippen molar-refractivity contribution < 1.29 is 0 Å². The smallest absolute Gasteiger partial charge is 0.223 e. The minimum absolute atomic E-state index is 0.145. The zero-order valence-corrected chi connectivity index (χ0v) is 12.1. The maximum atomic E-state index is 6.02.